The number of hydrogen-bond acceptors (Lipinski definition) is 4. The van der Waals surface area contributed by atoms with Gasteiger partial charge in [-0.1, -0.05) is 0 Å². The average molecular weight is 147 g/mol. The van der Waals surface area contributed by atoms with E-state index in [2.05, 4.69) is 5.32 Å². The van der Waals surface area contributed by atoms with Gasteiger partial charge in [-0.2, -0.15) is 0 Å². The third-order valence-corrected chi connectivity index (χ3v) is 1.95. The minimum atomic E-state index is -0.833. The largest absolute Gasteiger partial charge is 0.395 e. The molecule has 60 valence electrons. The summed E-state index contributed by atoms with van der Waals surface area (Å²) in [5.41, 5.74) is 0. The van der Waals surface area contributed by atoms with Crippen LogP contribution in [0.2, 0.25) is 0 Å². The zero-order valence-electron chi connectivity index (χ0n) is 5.86. The summed E-state index contributed by atoms with van der Waals surface area (Å²) in [6, 6.07) is -0.503. The summed E-state index contributed by atoms with van der Waals surface area (Å²) in [4.78, 5) is 0. The first kappa shape index (κ1) is 7.94. The van der Waals surface area contributed by atoms with Crippen LogP contribution in [0.4, 0.5) is 0 Å². The summed E-state index contributed by atoms with van der Waals surface area (Å²) in [6.07, 6.45) is -1.59. The molecule has 0 unspecified atom stereocenters. The number of hydrogen-bond donors (Lipinski definition) is 4. The van der Waals surface area contributed by atoms with Gasteiger partial charge in [-0.25, -0.2) is 0 Å². The molecule has 1 fully saturated rings. The van der Waals surface area contributed by atoms with Crippen LogP contribution in [-0.2, 0) is 0 Å². The fourth-order valence-corrected chi connectivity index (χ4v) is 1.23. The van der Waals surface area contributed by atoms with E-state index in [1.165, 1.54) is 0 Å². The molecular weight excluding hydrogens is 134 g/mol. The first-order valence-corrected chi connectivity index (χ1v) is 3.40. The predicted octanol–water partition coefficient (Wildman–Crippen LogP) is -1.94. The van der Waals surface area contributed by atoms with Crippen LogP contribution in [0.1, 0.15) is 6.92 Å². The molecule has 0 amide bonds. The number of aliphatic hydroxyl groups excluding tert-OH is 3. The zero-order chi connectivity index (χ0) is 7.72. The Bertz CT molecular complexity index is 120. The summed E-state index contributed by atoms with van der Waals surface area (Å²) >= 11 is 0. The van der Waals surface area contributed by atoms with Crippen molar-refractivity contribution in [3.63, 3.8) is 0 Å². The Labute approximate surface area is 59.5 Å². The molecule has 0 aliphatic carbocycles. The molecule has 0 bridgehead atoms. The fraction of sp³-hybridized carbons (Fsp3) is 1.00. The van der Waals surface area contributed by atoms with E-state index in [9.17, 15) is 0 Å². The van der Waals surface area contributed by atoms with Crippen LogP contribution in [0.5, 0.6) is 0 Å². The van der Waals surface area contributed by atoms with Crippen molar-refractivity contribution in [2.75, 3.05) is 6.61 Å². The molecule has 0 saturated carbocycles. The van der Waals surface area contributed by atoms with Crippen molar-refractivity contribution in [3.8, 4) is 0 Å². The molecule has 4 N–H and O–H groups in total. The van der Waals surface area contributed by atoms with Crippen molar-refractivity contribution < 1.29 is 15.3 Å². The van der Waals surface area contributed by atoms with Gasteiger partial charge in [0.25, 0.3) is 0 Å². The van der Waals surface area contributed by atoms with Gasteiger partial charge in [-0.15, -0.1) is 0 Å². The van der Waals surface area contributed by atoms with Gasteiger partial charge in [0.1, 0.15) is 0 Å². The highest BCUT2D eigenvalue weighted by molar-refractivity contribution is 4.95. The van der Waals surface area contributed by atoms with Crippen molar-refractivity contribution in [2.24, 2.45) is 0 Å². The van der Waals surface area contributed by atoms with Gasteiger partial charge < -0.3 is 20.6 Å². The molecule has 10 heavy (non-hydrogen) atoms. The zero-order valence-corrected chi connectivity index (χ0v) is 5.86. The lowest BCUT2D eigenvalue weighted by atomic mass is 10.1. The van der Waals surface area contributed by atoms with E-state index in [1.54, 1.807) is 6.92 Å². The molecule has 1 heterocycles. The molecule has 4 heteroatoms. The van der Waals surface area contributed by atoms with Crippen LogP contribution in [0.3, 0.4) is 0 Å². The molecule has 0 radical (unpaired) electrons. The maximum Gasteiger partial charge on any atom is 0.0989 e. The van der Waals surface area contributed by atoms with Crippen LogP contribution < -0.4 is 5.32 Å². The second-order valence-corrected chi connectivity index (χ2v) is 2.73. The van der Waals surface area contributed by atoms with E-state index < -0.39 is 12.2 Å². The lowest BCUT2D eigenvalue weighted by Crippen LogP contribution is -2.36. The fourth-order valence-electron chi connectivity index (χ4n) is 1.23. The molecule has 1 aliphatic rings. The summed E-state index contributed by atoms with van der Waals surface area (Å²) in [5.74, 6) is 0. The molecule has 1 rings (SSSR count). The van der Waals surface area contributed by atoms with Crippen molar-refractivity contribution in [1.82, 2.24) is 5.32 Å². The molecule has 0 aromatic carbocycles. The van der Waals surface area contributed by atoms with Crippen LogP contribution in [0.15, 0.2) is 0 Å². The third kappa shape index (κ3) is 1.15. The van der Waals surface area contributed by atoms with Gasteiger partial charge >= 0.3 is 0 Å². The Morgan fingerprint density at radius 1 is 1.30 bits per heavy atom. The highest BCUT2D eigenvalue weighted by Gasteiger charge is 2.37. The van der Waals surface area contributed by atoms with Crippen molar-refractivity contribution in [1.29, 1.82) is 0 Å². The van der Waals surface area contributed by atoms with Crippen molar-refractivity contribution in [2.45, 2.75) is 31.2 Å². The van der Waals surface area contributed by atoms with Gasteiger partial charge in [-0.3, -0.25) is 0 Å². The third-order valence-electron chi connectivity index (χ3n) is 1.95. The van der Waals surface area contributed by atoms with Crippen molar-refractivity contribution in [3.05, 3.63) is 0 Å². The lowest BCUT2D eigenvalue weighted by Gasteiger charge is -2.11. The number of aliphatic hydroxyl groups is 3. The van der Waals surface area contributed by atoms with Crippen LogP contribution in [-0.4, -0.2) is 46.2 Å². The predicted molar refractivity (Wildman–Crippen MR) is 35.5 cm³/mol. The Hall–Kier alpha value is -0.160. The highest BCUT2D eigenvalue weighted by Crippen LogP contribution is 2.12. The Kier molecular flexibility index (Phi) is 2.25. The van der Waals surface area contributed by atoms with Gasteiger partial charge in [0.2, 0.25) is 0 Å². The lowest BCUT2D eigenvalue weighted by molar-refractivity contribution is 0.0214. The standard InChI is InChI=1S/C6H13NO3/c1-3-5(9)6(10)4(2-8)7-3/h3-10H,2H2,1H3/t3-,4-,5-,6+/m1/s1. The van der Waals surface area contributed by atoms with Gasteiger partial charge in [0, 0.05) is 6.04 Å². The maximum atomic E-state index is 9.16. The van der Waals surface area contributed by atoms with Crippen molar-refractivity contribution >= 4 is 0 Å². The molecule has 4 nitrogen and oxygen atoms in total. The second kappa shape index (κ2) is 2.84. The van der Waals surface area contributed by atoms with Gasteiger partial charge in [0.05, 0.1) is 24.9 Å². The van der Waals surface area contributed by atoms with E-state index in [1.807, 2.05) is 0 Å². The van der Waals surface area contributed by atoms with E-state index in [0.717, 1.165) is 0 Å². The normalized spacial score (nSPS) is 48.0. The average Bonchev–Trinajstić information content (AvgIpc) is 2.17. The molecule has 0 spiro atoms. The van der Waals surface area contributed by atoms with Gasteiger partial charge in [-0.05, 0) is 6.92 Å². The summed E-state index contributed by atoms with van der Waals surface area (Å²) in [6.45, 7) is 1.63. The Morgan fingerprint density at radius 3 is 2.10 bits per heavy atom. The molecule has 0 aromatic rings. The smallest absolute Gasteiger partial charge is 0.0989 e. The number of nitrogens with one attached hydrogen (secondary N) is 1. The maximum absolute atomic E-state index is 9.16. The topological polar surface area (TPSA) is 72.7 Å². The molecular formula is C6H13NO3. The van der Waals surface area contributed by atoms with E-state index >= 15 is 0 Å². The van der Waals surface area contributed by atoms with E-state index in [0.29, 0.717) is 0 Å². The SMILES string of the molecule is C[C@H]1N[C@H](CO)[C@H](O)[C@@H]1O. The minimum absolute atomic E-state index is 0.132. The minimum Gasteiger partial charge on any atom is -0.395 e. The first-order valence-electron chi connectivity index (χ1n) is 3.40. The number of rotatable bonds is 1. The Balaban J connectivity index is 2.53. The quantitative estimate of drug-likeness (QED) is 0.348. The summed E-state index contributed by atoms with van der Waals surface area (Å²) < 4.78 is 0. The van der Waals surface area contributed by atoms with E-state index in [4.69, 9.17) is 15.3 Å². The van der Waals surface area contributed by atoms with Gasteiger partial charge in [0.15, 0.2) is 0 Å². The summed E-state index contributed by atoms with van der Waals surface area (Å²) in [7, 11) is 0. The molecule has 0 aromatic heterocycles. The van der Waals surface area contributed by atoms with Crippen LogP contribution >= 0.6 is 0 Å². The monoisotopic (exact) mass is 147 g/mol. The molecule has 1 aliphatic heterocycles. The highest BCUT2D eigenvalue weighted by atomic mass is 16.3. The van der Waals surface area contributed by atoms with E-state index in [-0.39, 0.29) is 18.7 Å². The van der Waals surface area contributed by atoms with Crippen LogP contribution in [0.25, 0.3) is 0 Å². The first-order chi connectivity index (χ1) is 4.66. The second-order valence-electron chi connectivity index (χ2n) is 2.73. The summed E-state index contributed by atoms with van der Waals surface area (Å²) in [5, 5.41) is 29.8. The van der Waals surface area contributed by atoms with Crippen LogP contribution in [0, 0.1) is 0 Å². The molecule has 1 saturated heterocycles. The molecule has 4 atom stereocenters. The Morgan fingerprint density at radius 2 is 1.90 bits per heavy atom.